The summed E-state index contributed by atoms with van der Waals surface area (Å²) in [5.41, 5.74) is 0.737. The molecule has 0 aliphatic heterocycles. The first kappa shape index (κ1) is 22.2. The molecule has 0 unspecified atom stereocenters. The van der Waals surface area contributed by atoms with Crippen molar-refractivity contribution in [1.29, 1.82) is 0 Å². The number of amides is 6. The highest BCUT2D eigenvalue weighted by Gasteiger charge is 2.20. The summed E-state index contributed by atoms with van der Waals surface area (Å²) in [6.07, 6.45) is 1.26. The lowest BCUT2D eigenvalue weighted by molar-refractivity contribution is 0.0960. The third-order valence-electron chi connectivity index (χ3n) is 3.38. The Balaban J connectivity index is 1.67. The standard InChI is InChI=1S/C14H11BrN10O4S2/c1-4-7(30-24-22-4)11(26)20-13(28)18-9-10(17-6(15)3-16-9)19-14(29)21-12(27)8-5(2)23-25-31-8/h3H,1-2H3,(H2,16,18,20,26,28)(H2,17,19,21,27,29). The summed E-state index contributed by atoms with van der Waals surface area (Å²) < 4.78 is 7.48. The molecule has 160 valence electrons. The highest BCUT2D eigenvalue weighted by Crippen LogP contribution is 2.19. The molecule has 3 aromatic heterocycles. The fraction of sp³-hybridized carbons (Fsp3) is 0.143. The first-order valence-corrected chi connectivity index (χ1v) is 10.4. The van der Waals surface area contributed by atoms with Gasteiger partial charge in [0.25, 0.3) is 11.8 Å². The van der Waals surface area contributed by atoms with Gasteiger partial charge in [-0.3, -0.25) is 30.9 Å². The van der Waals surface area contributed by atoms with Gasteiger partial charge >= 0.3 is 12.1 Å². The van der Waals surface area contributed by atoms with Crippen LogP contribution in [0.1, 0.15) is 30.7 Å². The number of carbonyl (C=O) groups excluding carboxylic acids is 4. The molecule has 3 aromatic rings. The molecule has 6 amide bonds. The summed E-state index contributed by atoms with van der Waals surface area (Å²) in [5.74, 6) is -1.77. The lowest BCUT2D eigenvalue weighted by Gasteiger charge is -2.11. The Morgan fingerprint density at radius 2 is 1.32 bits per heavy atom. The van der Waals surface area contributed by atoms with Crippen LogP contribution in [0.25, 0.3) is 0 Å². The number of rotatable bonds is 4. The summed E-state index contributed by atoms with van der Waals surface area (Å²) in [6, 6.07) is -1.86. The van der Waals surface area contributed by atoms with Crippen LogP contribution in [-0.4, -0.2) is 53.0 Å². The van der Waals surface area contributed by atoms with Gasteiger partial charge < -0.3 is 0 Å². The molecular formula is C14H11BrN10O4S2. The average molecular weight is 527 g/mol. The predicted molar refractivity (Wildman–Crippen MR) is 112 cm³/mol. The number of aryl methyl sites for hydroxylation is 2. The lowest BCUT2D eigenvalue weighted by atomic mass is 10.4. The first-order chi connectivity index (χ1) is 14.7. The van der Waals surface area contributed by atoms with Crippen LogP contribution in [0.15, 0.2) is 10.8 Å². The van der Waals surface area contributed by atoms with E-state index in [1.54, 1.807) is 13.8 Å². The predicted octanol–water partition coefficient (Wildman–Crippen LogP) is 1.48. The van der Waals surface area contributed by atoms with Gasteiger partial charge in [-0.2, -0.15) is 0 Å². The second-order valence-electron chi connectivity index (χ2n) is 5.58. The van der Waals surface area contributed by atoms with Crippen molar-refractivity contribution in [2.24, 2.45) is 0 Å². The molecule has 4 N–H and O–H groups in total. The van der Waals surface area contributed by atoms with Crippen molar-refractivity contribution >= 4 is 74.5 Å². The molecule has 17 heteroatoms. The molecule has 0 saturated carbocycles. The molecular weight excluding hydrogens is 516 g/mol. The molecule has 0 saturated heterocycles. The monoisotopic (exact) mass is 526 g/mol. The summed E-state index contributed by atoms with van der Waals surface area (Å²) in [6.45, 7) is 3.14. The van der Waals surface area contributed by atoms with Gasteiger partial charge in [-0.15, -0.1) is 10.2 Å². The molecule has 0 bridgehead atoms. The van der Waals surface area contributed by atoms with E-state index in [1.807, 2.05) is 0 Å². The Labute approximate surface area is 189 Å². The van der Waals surface area contributed by atoms with Crippen molar-refractivity contribution in [2.75, 3.05) is 10.6 Å². The molecule has 0 fully saturated rings. The van der Waals surface area contributed by atoms with E-state index in [9.17, 15) is 19.2 Å². The maximum Gasteiger partial charge on any atom is 0.327 e. The van der Waals surface area contributed by atoms with Crippen LogP contribution in [0.5, 0.6) is 0 Å². The minimum atomic E-state index is -0.934. The largest absolute Gasteiger partial charge is 0.327 e. The average Bonchev–Trinajstić information content (AvgIpc) is 3.31. The second kappa shape index (κ2) is 9.58. The van der Waals surface area contributed by atoms with Crippen molar-refractivity contribution in [3.05, 3.63) is 31.9 Å². The third-order valence-corrected chi connectivity index (χ3v) is 5.41. The Bertz CT molecular complexity index is 1180. The maximum absolute atomic E-state index is 12.2. The number of urea groups is 2. The molecule has 14 nitrogen and oxygen atoms in total. The van der Waals surface area contributed by atoms with Gasteiger partial charge in [-0.1, -0.05) is 8.98 Å². The number of aromatic nitrogens is 6. The fourth-order valence-corrected chi connectivity index (χ4v) is 3.41. The van der Waals surface area contributed by atoms with Gasteiger partial charge in [0.1, 0.15) is 14.4 Å². The zero-order chi connectivity index (χ0) is 22.5. The zero-order valence-electron chi connectivity index (χ0n) is 15.6. The van der Waals surface area contributed by atoms with Gasteiger partial charge in [-0.05, 0) is 52.8 Å². The second-order valence-corrected chi connectivity index (χ2v) is 7.90. The Hall–Kier alpha value is -3.44. The molecule has 0 atom stereocenters. The Kier molecular flexibility index (Phi) is 6.88. The summed E-state index contributed by atoms with van der Waals surface area (Å²) in [5, 5.41) is 16.2. The SMILES string of the molecule is Cc1nnsc1C(=O)NC(=O)Nc1ncc(Br)nc1NC(=O)NC(=O)c1snnc1C. The number of carbonyl (C=O) groups is 4. The van der Waals surface area contributed by atoms with Crippen molar-refractivity contribution in [3.8, 4) is 0 Å². The van der Waals surface area contributed by atoms with E-state index >= 15 is 0 Å². The minimum Gasteiger partial charge on any atom is -0.289 e. The molecule has 0 spiro atoms. The Morgan fingerprint density at radius 3 is 1.77 bits per heavy atom. The van der Waals surface area contributed by atoms with Gasteiger partial charge in [0.15, 0.2) is 11.6 Å². The van der Waals surface area contributed by atoms with E-state index in [0.717, 1.165) is 23.1 Å². The number of halogens is 1. The van der Waals surface area contributed by atoms with E-state index in [4.69, 9.17) is 0 Å². The van der Waals surface area contributed by atoms with Gasteiger partial charge in [0.05, 0.1) is 17.6 Å². The topological polar surface area (TPSA) is 194 Å². The van der Waals surface area contributed by atoms with Crippen molar-refractivity contribution in [1.82, 2.24) is 39.8 Å². The number of anilines is 2. The van der Waals surface area contributed by atoms with Gasteiger partial charge in [0, 0.05) is 0 Å². The number of hydrogen-bond acceptors (Lipinski definition) is 12. The van der Waals surface area contributed by atoms with E-state index in [-0.39, 0.29) is 26.0 Å². The van der Waals surface area contributed by atoms with Gasteiger partial charge in [-0.25, -0.2) is 19.6 Å². The van der Waals surface area contributed by atoms with Crippen molar-refractivity contribution in [3.63, 3.8) is 0 Å². The minimum absolute atomic E-state index is 0.166. The quantitative estimate of drug-likeness (QED) is 0.386. The van der Waals surface area contributed by atoms with E-state index in [2.05, 4.69) is 66.3 Å². The fourth-order valence-electron chi connectivity index (χ4n) is 2.02. The normalized spacial score (nSPS) is 10.3. The van der Waals surface area contributed by atoms with Crippen LogP contribution in [-0.2, 0) is 0 Å². The van der Waals surface area contributed by atoms with Crippen molar-refractivity contribution in [2.45, 2.75) is 13.8 Å². The third kappa shape index (κ3) is 5.58. The Morgan fingerprint density at radius 1 is 0.839 bits per heavy atom. The molecule has 0 aliphatic carbocycles. The molecule has 0 aliphatic rings. The highest BCUT2D eigenvalue weighted by atomic mass is 79.9. The number of hydrogen-bond donors (Lipinski definition) is 4. The summed E-state index contributed by atoms with van der Waals surface area (Å²) in [7, 11) is 0. The maximum atomic E-state index is 12.2. The van der Waals surface area contributed by atoms with Crippen LogP contribution in [0.2, 0.25) is 0 Å². The van der Waals surface area contributed by atoms with Crippen LogP contribution in [0.3, 0.4) is 0 Å². The molecule has 0 aromatic carbocycles. The molecule has 3 rings (SSSR count). The van der Waals surface area contributed by atoms with Crippen LogP contribution in [0, 0.1) is 13.8 Å². The zero-order valence-corrected chi connectivity index (χ0v) is 18.8. The number of nitrogens with zero attached hydrogens (tertiary/aromatic N) is 6. The first-order valence-electron chi connectivity index (χ1n) is 8.09. The summed E-state index contributed by atoms with van der Waals surface area (Å²) in [4.78, 5) is 56.8. The summed E-state index contributed by atoms with van der Waals surface area (Å²) >= 11 is 4.76. The molecule has 3 heterocycles. The molecule has 31 heavy (non-hydrogen) atoms. The van der Waals surface area contributed by atoms with E-state index < -0.39 is 23.9 Å². The highest BCUT2D eigenvalue weighted by molar-refractivity contribution is 9.10. The van der Waals surface area contributed by atoms with Gasteiger partial charge in [0.2, 0.25) is 0 Å². The lowest BCUT2D eigenvalue weighted by Crippen LogP contribution is -2.36. The molecule has 0 radical (unpaired) electrons. The van der Waals surface area contributed by atoms with Crippen molar-refractivity contribution < 1.29 is 19.2 Å². The van der Waals surface area contributed by atoms with Crippen LogP contribution in [0.4, 0.5) is 21.2 Å². The van der Waals surface area contributed by atoms with Crippen LogP contribution >= 0.6 is 39.0 Å². The van der Waals surface area contributed by atoms with E-state index in [0.29, 0.717) is 11.4 Å². The number of imide groups is 2. The van der Waals surface area contributed by atoms with Crippen LogP contribution < -0.4 is 21.3 Å². The van der Waals surface area contributed by atoms with E-state index in [1.165, 1.54) is 6.20 Å². The smallest absolute Gasteiger partial charge is 0.289 e. The number of nitrogens with one attached hydrogen (secondary N) is 4.